The van der Waals surface area contributed by atoms with Crippen molar-refractivity contribution in [3.8, 4) is 6.07 Å². The maximum Gasteiger partial charge on any atom is 0.239 e. The molecule has 0 saturated carbocycles. The lowest BCUT2D eigenvalue weighted by Crippen LogP contribution is -2.30. The van der Waals surface area contributed by atoms with E-state index in [1.165, 1.54) is 0 Å². The van der Waals surface area contributed by atoms with Crippen LogP contribution >= 0.6 is 15.9 Å². The predicted octanol–water partition coefficient (Wildman–Crippen LogP) is 2.20. The number of carbonyl (C=O) groups excluding carboxylic acids is 1. The highest BCUT2D eigenvalue weighted by atomic mass is 79.9. The van der Waals surface area contributed by atoms with Gasteiger partial charge in [-0.3, -0.25) is 4.79 Å². The Labute approximate surface area is 109 Å². The SMILES string of the molecule is Cc1cccc(NCC(=O)NCCC#N)c1Br. The first-order valence-electron chi connectivity index (χ1n) is 5.27. The Morgan fingerprint density at radius 3 is 3.00 bits per heavy atom. The third-order valence-corrected chi connectivity index (χ3v) is 3.24. The fourth-order valence-corrected chi connectivity index (χ4v) is 1.68. The van der Waals surface area contributed by atoms with Crippen molar-refractivity contribution in [1.82, 2.24) is 5.32 Å². The Morgan fingerprint density at radius 2 is 2.29 bits per heavy atom. The normalized spacial score (nSPS) is 9.47. The zero-order chi connectivity index (χ0) is 12.7. The van der Waals surface area contributed by atoms with Gasteiger partial charge < -0.3 is 10.6 Å². The number of hydrogen-bond acceptors (Lipinski definition) is 3. The van der Waals surface area contributed by atoms with Crippen LogP contribution in [0, 0.1) is 18.3 Å². The fourth-order valence-electron chi connectivity index (χ4n) is 1.28. The van der Waals surface area contributed by atoms with Crippen LogP contribution in [0.25, 0.3) is 0 Å². The smallest absolute Gasteiger partial charge is 0.239 e. The molecule has 90 valence electrons. The second-order valence-electron chi connectivity index (χ2n) is 3.55. The van der Waals surface area contributed by atoms with Gasteiger partial charge in [0.25, 0.3) is 0 Å². The van der Waals surface area contributed by atoms with Gasteiger partial charge in [-0.25, -0.2) is 0 Å². The predicted molar refractivity (Wildman–Crippen MR) is 70.6 cm³/mol. The molecule has 1 amide bonds. The Bertz CT molecular complexity index is 440. The summed E-state index contributed by atoms with van der Waals surface area (Å²) >= 11 is 3.46. The molecule has 0 spiro atoms. The zero-order valence-corrected chi connectivity index (χ0v) is 11.2. The molecular weight excluding hydrogens is 282 g/mol. The van der Waals surface area contributed by atoms with Crippen LogP contribution in [0.3, 0.4) is 0 Å². The molecule has 0 radical (unpaired) electrons. The van der Waals surface area contributed by atoms with Gasteiger partial charge in [-0.05, 0) is 34.5 Å². The molecule has 0 aromatic heterocycles. The monoisotopic (exact) mass is 295 g/mol. The van der Waals surface area contributed by atoms with Gasteiger partial charge in [0, 0.05) is 16.7 Å². The lowest BCUT2D eigenvalue weighted by Gasteiger charge is -2.10. The molecule has 0 bridgehead atoms. The molecule has 17 heavy (non-hydrogen) atoms. The van der Waals surface area contributed by atoms with Crippen LogP contribution in [0.15, 0.2) is 22.7 Å². The molecule has 1 aromatic carbocycles. The van der Waals surface area contributed by atoms with Crippen LogP contribution in [0.2, 0.25) is 0 Å². The van der Waals surface area contributed by atoms with Crippen LogP contribution in [0.4, 0.5) is 5.69 Å². The molecule has 5 heteroatoms. The first-order valence-corrected chi connectivity index (χ1v) is 6.07. The lowest BCUT2D eigenvalue weighted by atomic mass is 10.2. The summed E-state index contributed by atoms with van der Waals surface area (Å²) in [5, 5.41) is 14.0. The number of aryl methyl sites for hydroxylation is 1. The van der Waals surface area contributed by atoms with Gasteiger partial charge in [0.15, 0.2) is 0 Å². The Hall–Kier alpha value is -1.54. The second kappa shape index (κ2) is 6.92. The molecule has 0 saturated heterocycles. The number of halogens is 1. The fraction of sp³-hybridized carbons (Fsp3) is 0.333. The molecular formula is C12H14BrN3O. The van der Waals surface area contributed by atoms with Gasteiger partial charge in [0.05, 0.1) is 19.0 Å². The number of nitriles is 1. The van der Waals surface area contributed by atoms with E-state index in [0.717, 1.165) is 15.7 Å². The van der Waals surface area contributed by atoms with E-state index in [9.17, 15) is 4.79 Å². The van der Waals surface area contributed by atoms with Crippen molar-refractivity contribution in [1.29, 1.82) is 5.26 Å². The van der Waals surface area contributed by atoms with Crippen molar-refractivity contribution in [3.63, 3.8) is 0 Å². The van der Waals surface area contributed by atoms with Gasteiger partial charge in [-0.15, -0.1) is 0 Å². The van der Waals surface area contributed by atoms with Crippen LogP contribution in [0.5, 0.6) is 0 Å². The number of nitrogens with one attached hydrogen (secondary N) is 2. The average molecular weight is 296 g/mol. The van der Waals surface area contributed by atoms with E-state index in [2.05, 4.69) is 26.6 Å². The largest absolute Gasteiger partial charge is 0.375 e. The number of nitrogens with zero attached hydrogens (tertiary/aromatic N) is 1. The molecule has 1 rings (SSSR count). The molecule has 0 aliphatic rings. The van der Waals surface area contributed by atoms with Gasteiger partial charge in [-0.2, -0.15) is 5.26 Å². The maximum atomic E-state index is 11.4. The van der Waals surface area contributed by atoms with Crippen molar-refractivity contribution in [3.05, 3.63) is 28.2 Å². The quantitative estimate of drug-likeness (QED) is 0.819. The van der Waals surface area contributed by atoms with Crippen molar-refractivity contribution in [2.45, 2.75) is 13.3 Å². The first-order chi connectivity index (χ1) is 8.15. The zero-order valence-electron chi connectivity index (χ0n) is 9.59. The van der Waals surface area contributed by atoms with Gasteiger partial charge in [0.1, 0.15) is 0 Å². The molecule has 0 unspecified atom stereocenters. The molecule has 0 fully saturated rings. The first kappa shape index (κ1) is 13.5. The van der Waals surface area contributed by atoms with Gasteiger partial charge in [-0.1, -0.05) is 12.1 Å². The summed E-state index contributed by atoms with van der Waals surface area (Å²) in [4.78, 5) is 11.4. The van der Waals surface area contributed by atoms with Gasteiger partial charge in [0.2, 0.25) is 5.91 Å². The van der Waals surface area contributed by atoms with E-state index in [-0.39, 0.29) is 12.5 Å². The minimum absolute atomic E-state index is 0.117. The topological polar surface area (TPSA) is 64.9 Å². The minimum Gasteiger partial charge on any atom is -0.375 e. The van der Waals surface area contributed by atoms with Gasteiger partial charge >= 0.3 is 0 Å². The second-order valence-corrected chi connectivity index (χ2v) is 4.34. The number of anilines is 1. The molecule has 4 nitrogen and oxygen atoms in total. The van der Waals surface area contributed by atoms with E-state index in [1.807, 2.05) is 31.2 Å². The highest BCUT2D eigenvalue weighted by molar-refractivity contribution is 9.10. The summed E-state index contributed by atoms with van der Waals surface area (Å²) < 4.78 is 0.963. The third kappa shape index (κ3) is 4.45. The van der Waals surface area contributed by atoms with E-state index in [1.54, 1.807) is 0 Å². The van der Waals surface area contributed by atoms with Crippen LogP contribution in [-0.4, -0.2) is 19.0 Å². The summed E-state index contributed by atoms with van der Waals surface area (Å²) in [5.74, 6) is -0.117. The van der Waals surface area contributed by atoms with Crippen LogP contribution < -0.4 is 10.6 Å². The molecule has 1 aromatic rings. The molecule has 2 N–H and O–H groups in total. The van der Waals surface area contributed by atoms with E-state index >= 15 is 0 Å². The molecule has 0 aliphatic heterocycles. The number of rotatable bonds is 5. The van der Waals surface area contributed by atoms with E-state index < -0.39 is 0 Å². The standard InChI is InChI=1S/C12H14BrN3O/c1-9-4-2-5-10(12(9)13)16-8-11(17)15-7-3-6-14/h2,4-5,16H,3,7-8H2,1H3,(H,15,17). The van der Waals surface area contributed by atoms with Crippen LogP contribution in [0.1, 0.15) is 12.0 Å². The van der Waals surface area contributed by atoms with Crippen molar-refractivity contribution in [2.24, 2.45) is 0 Å². The number of carbonyl (C=O) groups is 1. The average Bonchev–Trinajstić information content (AvgIpc) is 2.31. The minimum atomic E-state index is -0.117. The lowest BCUT2D eigenvalue weighted by molar-refractivity contribution is -0.119. The summed E-state index contributed by atoms with van der Waals surface area (Å²) in [6.07, 6.45) is 0.333. The van der Waals surface area contributed by atoms with Crippen LogP contribution in [-0.2, 0) is 4.79 Å². The number of hydrogen-bond donors (Lipinski definition) is 2. The Morgan fingerprint density at radius 1 is 1.53 bits per heavy atom. The van der Waals surface area contributed by atoms with E-state index in [0.29, 0.717) is 13.0 Å². The Kier molecular flexibility index (Phi) is 5.50. The third-order valence-electron chi connectivity index (χ3n) is 2.19. The highest BCUT2D eigenvalue weighted by Crippen LogP contribution is 2.25. The number of amides is 1. The van der Waals surface area contributed by atoms with Crippen molar-refractivity contribution >= 4 is 27.5 Å². The van der Waals surface area contributed by atoms with Crippen molar-refractivity contribution in [2.75, 3.05) is 18.4 Å². The summed E-state index contributed by atoms with van der Waals surface area (Å²) in [5.41, 5.74) is 2.00. The summed E-state index contributed by atoms with van der Waals surface area (Å²) in [6, 6.07) is 7.79. The Balaban J connectivity index is 2.43. The molecule has 0 aliphatic carbocycles. The highest BCUT2D eigenvalue weighted by Gasteiger charge is 2.04. The number of benzene rings is 1. The summed E-state index contributed by atoms with van der Waals surface area (Å²) in [7, 11) is 0. The molecule has 0 heterocycles. The van der Waals surface area contributed by atoms with Crippen molar-refractivity contribution < 1.29 is 4.79 Å². The maximum absolute atomic E-state index is 11.4. The summed E-state index contributed by atoms with van der Waals surface area (Å²) in [6.45, 7) is 2.59. The molecule has 0 atom stereocenters. The van der Waals surface area contributed by atoms with E-state index in [4.69, 9.17) is 5.26 Å².